The number of aryl methyl sites for hydroxylation is 2. The maximum Gasteiger partial charge on any atom is 0.0596 e. The standard InChI is InChI=1S/C18H26N4/c1-14-11-15(2)22(20-14)13-17-6-9-21(10-7-17)16(3)18-5-4-8-19-12-18/h4-5,8,11-12,16-17H,6-7,9-10,13H2,1-3H3. The van der Waals surface area contributed by atoms with Crippen LogP contribution in [-0.2, 0) is 6.54 Å². The van der Waals surface area contributed by atoms with Gasteiger partial charge >= 0.3 is 0 Å². The molecule has 3 heterocycles. The number of hydrogen-bond acceptors (Lipinski definition) is 3. The molecule has 0 bridgehead atoms. The first-order chi connectivity index (χ1) is 10.6. The molecule has 0 amide bonds. The quantitative estimate of drug-likeness (QED) is 0.868. The largest absolute Gasteiger partial charge is 0.297 e. The maximum atomic E-state index is 4.60. The highest BCUT2D eigenvalue weighted by atomic mass is 15.3. The summed E-state index contributed by atoms with van der Waals surface area (Å²) in [4.78, 5) is 6.82. The van der Waals surface area contributed by atoms with Crippen molar-refractivity contribution in [1.29, 1.82) is 0 Å². The molecule has 1 aliphatic heterocycles. The summed E-state index contributed by atoms with van der Waals surface area (Å²) in [5.41, 5.74) is 3.73. The lowest BCUT2D eigenvalue weighted by Gasteiger charge is -2.36. The normalized spacial score (nSPS) is 18.5. The number of aromatic nitrogens is 3. The molecule has 0 spiro atoms. The number of likely N-dealkylation sites (tertiary alicyclic amines) is 1. The van der Waals surface area contributed by atoms with Crippen LogP contribution in [0, 0.1) is 19.8 Å². The molecule has 118 valence electrons. The van der Waals surface area contributed by atoms with Crippen LogP contribution in [0.15, 0.2) is 30.6 Å². The summed E-state index contributed by atoms with van der Waals surface area (Å²) < 4.78 is 2.18. The van der Waals surface area contributed by atoms with Crippen molar-refractivity contribution in [3.8, 4) is 0 Å². The summed E-state index contributed by atoms with van der Waals surface area (Å²) in [5, 5.41) is 4.60. The molecule has 1 fully saturated rings. The third-order valence-electron chi connectivity index (χ3n) is 4.90. The predicted octanol–water partition coefficient (Wildman–Crippen LogP) is 3.37. The zero-order valence-corrected chi connectivity index (χ0v) is 13.9. The van der Waals surface area contributed by atoms with Gasteiger partial charge in [-0.25, -0.2) is 0 Å². The Morgan fingerprint density at radius 2 is 2.05 bits per heavy atom. The molecule has 2 aromatic heterocycles. The fraction of sp³-hybridized carbons (Fsp3) is 0.556. The number of pyridine rings is 1. The van der Waals surface area contributed by atoms with E-state index < -0.39 is 0 Å². The van der Waals surface area contributed by atoms with Gasteiger partial charge in [-0.3, -0.25) is 14.6 Å². The van der Waals surface area contributed by atoms with E-state index in [9.17, 15) is 0 Å². The fourth-order valence-corrected chi connectivity index (χ4v) is 3.46. The lowest BCUT2D eigenvalue weighted by atomic mass is 9.95. The number of hydrogen-bond donors (Lipinski definition) is 0. The molecule has 1 unspecified atom stereocenters. The number of rotatable bonds is 4. The molecule has 4 nitrogen and oxygen atoms in total. The molecule has 0 radical (unpaired) electrons. The van der Waals surface area contributed by atoms with Crippen molar-refractivity contribution in [3.63, 3.8) is 0 Å². The van der Waals surface area contributed by atoms with Crippen LogP contribution < -0.4 is 0 Å². The van der Waals surface area contributed by atoms with Crippen LogP contribution >= 0.6 is 0 Å². The van der Waals surface area contributed by atoms with E-state index in [0.717, 1.165) is 18.2 Å². The van der Waals surface area contributed by atoms with Gasteiger partial charge < -0.3 is 0 Å². The Labute approximate surface area is 133 Å². The molecule has 0 N–H and O–H groups in total. The Hall–Kier alpha value is -1.68. The average Bonchev–Trinajstić information content (AvgIpc) is 2.86. The maximum absolute atomic E-state index is 4.60. The zero-order valence-electron chi connectivity index (χ0n) is 13.9. The molecule has 0 aromatic carbocycles. The second-order valence-corrected chi connectivity index (χ2v) is 6.55. The van der Waals surface area contributed by atoms with Gasteiger partial charge in [0.25, 0.3) is 0 Å². The van der Waals surface area contributed by atoms with Gasteiger partial charge in [0.05, 0.1) is 5.69 Å². The Morgan fingerprint density at radius 3 is 2.64 bits per heavy atom. The molecule has 0 saturated carbocycles. The first-order valence-corrected chi connectivity index (χ1v) is 8.28. The van der Waals surface area contributed by atoms with Crippen molar-refractivity contribution in [3.05, 3.63) is 47.5 Å². The average molecular weight is 298 g/mol. The van der Waals surface area contributed by atoms with E-state index in [1.54, 1.807) is 0 Å². The summed E-state index contributed by atoms with van der Waals surface area (Å²) >= 11 is 0. The second kappa shape index (κ2) is 6.61. The van der Waals surface area contributed by atoms with Gasteiger partial charge in [0.2, 0.25) is 0 Å². The van der Waals surface area contributed by atoms with E-state index in [-0.39, 0.29) is 0 Å². The van der Waals surface area contributed by atoms with Crippen LogP contribution in [0.3, 0.4) is 0 Å². The highest BCUT2D eigenvalue weighted by molar-refractivity contribution is 5.13. The Morgan fingerprint density at radius 1 is 1.27 bits per heavy atom. The van der Waals surface area contributed by atoms with Crippen molar-refractivity contribution in [1.82, 2.24) is 19.7 Å². The zero-order chi connectivity index (χ0) is 15.5. The predicted molar refractivity (Wildman–Crippen MR) is 88.7 cm³/mol. The second-order valence-electron chi connectivity index (χ2n) is 6.55. The highest BCUT2D eigenvalue weighted by Gasteiger charge is 2.24. The number of nitrogens with zero attached hydrogens (tertiary/aromatic N) is 4. The van der Waals surface area contributed by atoms with Crippen LogP contribution in [0.5, 0.6) is 0 Å². The molecule has 1 atom stereocenters. The topological polar surface area (TPSA) is 34.0 Å². The molecule has 1 aliphatic rings. The van der Waals surface area contributed by atoms with E-state index in [1.165, 1.54) is 37.2 Å². The highest BCUT2D eigenvalue weighted by Crippen LogP contribution is 2.27. The minimum Gasteiger partial charge on any atom is -0.297 e. The van der Waals surface area contributed by atoms with Gasteiger partial charge in [-0.1, -0.05) is 6.07 Å². The fourth-order valence-electron chi connectivity index (χ4n) is 3.46. The van der Waals surface area contributed by atoms with Crippen molar-refractivity contribution in [2.75, 3.05) is 13.1 Å². The third-order valence-corrected chi connectivity index (χ3v) is 4.90. The minimum atomic E-state index is 0.461. The van der Waals surface area contributed by atoms with Crippen molar-refractivity contribution in [2.45, 2.75) is 46.2 Å². The van der Waals surface area contributed by atoms with Crippen LogP contribution in [-0.4, -0.2) is 32.8 Å². The summed E-state index contributed by atoms with van der Waals surface area (Å²) in [5.74, 6) is 0.746. The van der Waals surface area contributed by atoms with Crippen molar-refractivity contribution < 1.29 is 0 Å². The summed E-state index contributed by atoms with van der Waals surface area (Å²) in [6.07, 6.45) is 6.34. The Kier molecular flexibility index (Phi) is 4.57. The first-order valence-electron chi connectivity index (χ1n) is 8.28. The minimum absolute atomic E-state index is 0.461. The van der Waals surface area contributed by atoms with E-state index in [4.69, 9.17) is 0 Å². The molecular formula is C18H26N4. The SMILES string of the molecule is Cc1cc(C)n(CC2CCN(C(C)c3cccnc3)CC2)n1. The monoisotopic (exact) mass is 298 g/mol. The van der Waals surface area contributed by atoms with Gasteiger partial charge in [-0.05, 0) is 70.3 Å². The van der Waals surface area contributed by atoms with Crippen molar-refractivity contribution in [2.24, 2.45) is 5.92 Å². The van der Waals surface area contributed by atoms with Crippen LogP contribution in [0.2, 0.25) is 0 Å². The molecular weight excluding hydrogens is 272 g/mol. The summed E-state index contributed by atoms with van der Waals surface area (Å²) in [7, 11) is 0. The first kappa shape index (κ1) is 15.2. The Bertz CT molecular complexity index is 597. The molecule has 4 heteroatoms. The number of piperidine rings is 1. The van der Waals surface area contributed by atoms with E-state index in [0.29, 0.717) is 6.04 Å². The molecule has 0 aliphatic carbocycles. The van der Waals surface area contributed by atoms with Crippen LogP contribution in [0.25, 0.3) is 0 Å². The van der Waals surface area contributed by atoms with Crippen LogP contribution in [0.4, 0.5) is 0 Å². The molecule has 22 heavy (non-hydrogen) atoms. The van der Waals surface area contributed by atoms with Gasteiger partial charge in [0.1, 0.15) is 0 Å². The smallest absolute Gasteiger partial charge is 0.0596 e. The third kappa shape index (κ3) is 3.38. The van der Waals surface area contributed by atoms with E-state index in [1.807, 2.05) is 18.5 Å². The Balaban J connectivity index is 1.55. The van der Waals surface area contributed by atoms with Gasteiger partial charge in [-0.2, -0.15) is 5.10 Å². The van der Waals surface area contributed by atoms with Crippen molar-refractivity contribution >= 4 is 0 Å². The molecule has 2 aromatic rings. The van der Waals surface area contributed by atoms with E-state index >= 15 is 0 Å². The summed E-state index contributed by atoms with van der Waals surface area (Å²) in [6.45, 7) is 9.91. The van der Waals surface area contributed by atoms with Crippen LogP contribution in [0.1, 0.15) is 42.8 Å². The van der Waals surface area contributed by atoms with E-state index in [2.05, 4.69) is 52.6 Å². The molecule has 1 saturated heterocycles. The lowest BCUT2D eigenvalue weighted by molar-refractivity contribution is 0.131. The summed E-state index contributed by atoms with van der Waals surface area (Å²) in [6, 6.07) is 6.84. The van der Waals surface area contributed by atoms with Gasteiger partial charge in [0, 0.05) is 30.7 Å². The molecule has 3 rings (SSSR count). The van der Waals surface area contributed by atoms with Gasteiger partial charge in [-0.15, -0.1) is 0 Å². The lowest BCUT2D eigenvalue weighted by Crippen LogP contribution is -2.37. The van der Waals surface area contributed by atoms with Gasteiger partial charge in [0.15, 0.2) is 0 Å².